The molecule has 0 spiro atoms. The standard InChI is InChI=1S/C5H10O3S/c1-4-9(6,7)8-5(2)3/h2,4H2,1,3H3. The highest BCUT2D eigenvalue weighted by Gasteiger charge is 2.05. The van der Waals surface area contributed by atoms with Crippen LogP contribution in [0.2, 0.25) is 0 Å². The molecule has 0 unspecified atom stereocenters. The predicted molar refractivity (Wildman–Crippen MR) is 35.4 cm³/mol. The van der Waals surface area contributed by atoms with Gasteiger partial charge in [-0.2, -0.15) is 8.42 Å². The number of hydrogen-bond acceptors (Lipinski definition) is 3. The van der Waals surface area contributed by atoms with Crippen molar-refractivity contribution >= 4 is 10.1 Å². The molecule has 0 aliphatic rings. The third kappa shape index (κ3) is 4.02. The molecule has 3 nitrogen and oxygen atoms in total. The highest BCUT2D eigenvalue weighted by atomic mass is 32.2. The van der Waals surface area contributed by atoms with Crippen molar-refractivity contribution in [2.75, 3.05) is 5.75 Å². The summed E-state index contributed by atoms with van der Waals surface area (Å²) < 4.78 is 25.4. The van der Waals surface area contributed by atoms with Crippen LogP contribution in [0.5, 0.6) is 0 Å². The summed E-state index contributed by atoms with van der Waals surface area (Å²) in [5, 5.41) is 0. The van der Waals surface area contributed by atoms with E-state index in [1.165, 1.54) is 13.8 Å². The molecule has 54 valence electrons. The first-order chi connectivity index (χ1) is 3.98. The summed E-state index contributed by atoms with van der Waals surface area (Å²) >= 11 is 0. The Morgan fingerprint density at radius 1 is 1.67 bits per heavy atom. The zero-order valence-corrected chi connectivity index (χ0v) is 6.36. The van der Waals surface area contributed by atoms with Crippen molar-refractivity contribution in [1.29, 1.82) is 0 Å². The Kier molecular flexibility index (Phi) is 2.70. The fourth-order valence-electron chi connectivity index (χ4n) is 0.276. The lowest BCUT2D eigenvalue weighted by Crippen LogP contribution is -2.05. The van der Waals surface area contributed by atoms with E-state index in [-0.39, 0.29) is 11.5 Å². The van der Waals surface area contributed by atoms with Crippen LogP contribution in [-0.2, 0) is 14.3 Å². The molecule has 0 rings (SSSR count). The second kappa shape index (κ2) is 2.87. The molecule has 9 heavy (non-hydrogen) atoms. The highest BCUT2D eigenvalue weighted by molar-refractivity contribution is 7.86. The molecular formula is C5H10O3S. The third-order valence-electron chi connectivity index (χ3n) is 0.623. The van der Waals surface area contributed by atoms with Crippen LogP contribution in [0.3, 0.4) is 0 Å². The van der Waals surface area contributed by atoms with E-state index in [1.807, 2.05) is 0 Å². The summed E-state index contributed by atoms with van der Waals surface area (Å²) in [6.07, 6.45) is 0. The molecule has 4 heteroatoms. The van der Waals surface area contributed by atoms with E-state index in [2.05, 4.69) is 10.8 Å². The molecule has 0 aromatic carbocycles. The van der Waals surface area contributed by atoms with E-state index in [9.17, 15) is 8.42 Å². The van der Waals surface area contributed by atoms with Crippen LogP contribution in [0.25, 0.3) is 0 Å². The summed E-state index contributed by atoms with van der Waals surface area (Å²) in [4.78, 5) is 0. The van der Waals surface area contributed by atoms with E-state index < -0.39 is 10.1 Å². The first-order valence-electron chi connectivity index (χ1n) is 2.55. The Labute approximate surface area is 55.5 Å². The number of rotatable bonds is 3. The van der Waals surface area contributed by atoms with Gasteiger partial charge in [-0.05, 0) is 13.8 Å². The summed E-state index contributed by atoms with van der Waals surface area (Å²) in [5.74, 6) is 0.191. The van der Waals surface area contributed by atoms with Gasteiger partial charge in [-0.1, -0.05) is 6.58 Å². The molecule has 0 saturated heterocycles. The minimum atomic E-state index is -3.32. The number of allylic oxidation sites excluding steroid dienone is 1. The maximum absolute atomic E-state index is 10.5. The Balaban J connectivity index is 4.06. The summed E-state index contributed by atoms with van der Waals surface area (Å²) in [6.45, 7) is 6.29. The minimum absolute atomic E-state index is 0.0140. The largest absolute Gasteiger partial charge is 0.388 e. The van der Waals surface area contributed by atoms with Crippen LogP contribution in [0.15, 0.2) is 12.3 Å². The van der Waals surface area contributed by atoms with Gasteiger partial charge >= 0.3 is 10.1 Å². The second-order valence-electron chi connectivity index (χ2n) is 1.63. The molecule has 0 bridgehead atoms. The highest BCUT2D eigenvalue weighted by Crippen LogP contribution is 1.99. The van der Waals surface area contributed by atoms with E-state index in [0.29, 0.717) is 0 Å². The van der Waals surface area contributed by atoms with E-state index >= 15 is 0 Å². The summed E-state index contributed by atoms with van der Waals surface area (Å²) in [5.41, 5.74) is 0. The minimum Gasteiger partial charge on any atom is -0.388 e. The SMILES string of the molecule is C=C(C)OS(=O)(=O)CC. The van der Waals surface area contributed by atoms with Gasteiger partial charge in [0.05, 0.1) is 5.75 Å². The zero-order valence-electron chi connectivity index (χ0n) is 5.55. The molecule has 0 fully saturated rings. The second-order valence-corrected chi connectivity index (χ2v) is 3.49. The molecule has 0 amide bonds. The zero-order chi connectivity index (χ0) is 7.49. The van der Waals surface area contributed by atoms with Crippen molar-refractivity contribution in [3.8, 4) is 0 Å². The van der Waals surface area contributed by atoms with Gasteiger partial charge in [-0.25, -0.2) is 0 Å². The van der Waals surface area contributed by atoms with Gasteiger partial charge in [0.15, 0.2) is 0 Å². The average molecular weight is 150 g/mol. The molecule has 0 aliphatic heterocycles. The van der Waals surface area contributed by atoms with Crippen LogP contribution in [0.4, 0.5) is 0 Å². The van der Waals surface area contributed by atoms with Crippen molar-refractivity contribution < 1.29 is 12.6 Å². The average Bonchev–Trinajstić information content (AvgIpc) is 1.63. The van der Waals surface area contributed by atoms with Crippen molar-refractivity contribution in [2.24, 2.45) is 0 Å². The third-order valence-corrected chi connectivity index (χ3v) is 1.87. The Morgan fingerprint density at radius 3 is 2.22 bits per heavy atom. The van der Waals surface area contributed by atoms with Gasteiger partial charge in [0, 0.05) is 0 Å². The van der Waals surface area contributed by atoms with Gasteiger partial charge < -0.3 is 4.18 Å². The summed E-state index contributed by atoms with van der Waals surface area (Å²) in [6, 6.07) is 0. The summed E-state index contributed by atoms with van der Waals surface area (Å²) in [7, 11) is -3.32. The first-order valence-corrected chi connectivity index (χ1v) is 4.13. The van der Waals surface area contributed by atoms with Crippen molar-refractivity contribution in [1.82, 2.24) is 0 Å². The smallest absolute Gasteiger partial charge is 0.308 e. The van der Waals surface area contributed by atoms with Crippen LogP contribution in [-0.4, -0.2) is 14.2 Å². The maximum atomic E-state index is 10.5. The molecule has 0 aromatic rings. The molecule has 0 N–H and O–H groups in total. The van der Waals surface area contributed by atoms with Crippen molar-refractivity contribution in [3.63, 3.8) is 0 Å². The lowest BCUT2D eigenvalue weighted by Gasteiger charge is -2.01. The molecule has 0 aliphatic carbocycles. The number of hydrogen-bond donors (Lipinski definition) is 0. The monoisotopic (exact) mass is 150 g/mol. The van der Waals surface area contributed by atoms with Crippen LogP contribution in [0.1, 0.15) is 13.8 Å². The van der Waals surface area contributed by atoms with Crippen molar-refractivity contribution in [3.05, 3.63) is 12.3 Å². The quantitative estimate of drug-likeness (QED) is 0.443. The molecule has 0 saturated carbocycles. The molecule has 0 heterocycles. The van der Waals surface area contributed by atoms with E-state index in [1.54, 1.807) is 0 Å². The van der Waals surface area contributed by atoms with Crippen LogP contribution < -0.4 is 0 Å². The van der Waals surface area contributed by atoms with Gasteiger partial charge in [-0.15, -0.1) is 0 Å². The molecule has 0 aromatic heterocycles. The van der Waals surface area contributed by atoms with Crippen LogP contribution in [0, 0.1) is 0 Å². The lowest BCUT2D eigenvalue weighted by atomic mass is 10.7. The first kappa shape index (κ1) is 8.49. The Bertz CT molecular complexity index is 190. The maximum Gasteiger partial charge on any atom is 0.308 e. The van der Waals surface area contributed by atoms with Gasteiger partial charge in [0.1, 0.15) is 5.76 Å². The fraction of sp³-hybridized carbons (Fsp3) is 0.600. The topological polar surface area (TPSA) is 43.4 Å². The fourth-order valence-corrected chi connectivity index (χ4v) is 0.827. The van der Waals surface area contributed by atoms with Crippen molar-refractivity contribution in [2.45, 2.75) is 13.8 Å². The lowest BCUT2D eigenvalue weighted by molar-refractivity contribution is 0.411. The molecule has 0 atom stereocenters. The molecule has 0 radical (unpaired) electrons. The van der Waals surface area contributed by atoms with E-state index in [0.717, 1.165) is 0 Å². The van der Waals surface area contributed by atoms with Gasteiger partial charge in [0.25, 0.3) is 0 Å². The predicted octanol–water partition coefficient (Wildman–Crippen LogP) is 0.886. The Hall–Kier alpha value is -0.510. The normalized spacial score (nSPS) is 10.9. The van der Waals surface area contributed by atoms with Gasteiger partial charge in [0.2, 0.25) is 0 Å². The van der Waals surface area contributed by atoms with Crippen LogP contribution >= 0.6 is 0 Å². The van der Waals surface area contributed by atoms with E-state index in [4.69, 9.17) is 0 Å². The van der Waals surface area contributed by atoms with Gasteiger partial charge in [-0.3, -0.25) is 0 Å². The Morgan fingerprint density at radius 2 is 2.11 bits per heavy atom. The molecular weight excluding hydrogens is 140 g/mol.